The van der Waals surface area contributed by atoms with Gasteiger partial charge in [-0.15, -0.1) is 0 Å². The number of ether oxygens (including phenoxy) is 1. The van der Waals surface area contributed by atoms with E-state index in [9.17, 15) is 0 Å². The van der Waals surface area contributed by atoms with Crippen LogP contribution in [-0.4, -0.2) is 49.8 Å². The third-order valence-electron chi connectivity index (χ3n) is 4.82. The quantitative estimate of drug-likeness (QED) is 0.832. The van der Waals surface area contributed by atoms with E-state index in [1.807, 2.05) is 0 Å². The lowest BCUT2D eigenvalue weighted by atomic mass is 9.87. The SMILES string of the molecule is CCCNC1CCOCC1N1CCC(C)C(C)C1. The fourth-order valence-electron chi connectivity index (χ4n) is 3.25. The molecular formula is C15H30N2O. The van der Waals surface area contributed by atoms with Crippen LogP contribution in [0.25, 0.3) is 0 Å². The first-order chi connectivity index (χ1) is 8.72. The number of piperidine rings is 1. The highest BCUT2D eigenvalue weighted by molar-refractivity contribution is 4.90. The van der Waals surface area contributed by atoms with Crippen LogP contribution < -0.4 is 5.32 Å². The van der Waals surface area contributed by atoms with Crippen LogP contribution in [0.4, 0.5) is 0 Å². The van der Waals surface area contributed by atoms with Gasteiger partial charge in [-0.2, -0.15) is 0 Å². The Morgan fingerprint density at radius 2 is 2.06 bits per heavy atom. The summed E-state index contributed by atoms with van der Waals surface area (Å²) < 4.78 is 5.73. The molecule has 0 spiro atoms. The highest BCUT2D eigenvalue weighted by Gasteiger charge is 2.34. The Labute approximate surface area is 112 Å². The van der Waals surface area contributed by atoms with Gasteiger partial charge in [-0.25, -0.2) is 0 Å². The van der Waals surface area contributed by atoms with E-state index in [1.54, 1.807) is 0 Å². The molecule has 0 saturated carbocycles. The van der Waals surface area contributed by atoms with Crippen molar-refractivity contribution in [2.75, 3.05) is 32.8 Å². The first-order valence-corrected chi connectivity index (χ1v) is 7.77. The Hall–Kier alpha value is -0.120. The minimum absolute atomic E-state index is 0.597. The molecule has 3 nitrogen and oxygen atoms in total. The summed E-state index contributed by atoms with van der Waals surface area (Å²) in [6.45, 7) is 12.5. The number of hydrogen-bond acceptors (Lipinski definition) is 3. The van der Waals surface area contributed by atoms with E-state index in [4.69, 9.17) is 4.74 Å². The average Bonchev–Trinajstić information content (AvgIpc) is 2.40. The maximum absolute atomic E-state index is 5.73. The second kappa shape index (κ2) is 6.88. The highest BCUT2D eigenvalue weighted by atomic mass is 16.5. The second-order valence-electron chi connectivity index (χ2n) is 6.23. The summed E-state index contributed by atoms with van der Waals surface area (Å²) in [4.78, 5) is 2.68. The molecule has 0 aromatic carbocycles. The fraction of sp³-hybridized carbons (Fsp3) is 1.00. The summed E-state index contributed by atoms with van der Waals surface area (Å²) in [5, 5.41) is 3.72. The Morgan fingerprint density at radius 1 is 1.22 bits per heavy atom. The molecule has 1 N–H and O–H groups in total. The Balaban J connectivity index is 1.91. The third-order valence-corrected chi connectivity index (χ3v) is 4.82. The van der Waals surface area contributed by atoms with Crippen LogP contribution in [0.15, 0.2) is 0 Å². The molecule has 0 amide bonds. The maximum Gasteiger partial charge on any atom is 0.0637 e. The molecule has 4 unspecified atom stereocenters. The fourth-order valence-corrected chi connectivity index (χ4v) is 3.25. The van der Waals surface area contributed by atoms with Crippen LogP contribution in [0.5, 0.6) is 0 Å². The summed E-state index contributed by atoms with van der Waals surface area (Å²) in [6, 6.07) is 1.24. The van der Waals surface area contributed by atoms with Gasteiger partial charge in [0.05, 0.1) is 6.61 Å². The van der Waals surface area contributed by atoms with Gasteiger partial charge in [0.2, 0.25) is 0 Å². The van der Waals surface area contributed by atoms with Crippen LogP contribution >= 0.6 is 0 Å². The van der Waals surface area contributed by atoms with Crippen molar-refractivity contribution in [3.05, 3.63) is 0 Å². The van der Waals surface area contributed by atoms with Gasteiger partial charge in [0.15, 0.2) is 0 Å². The molecule has 0 aromatic heterocycles. The molecule has 3 heteroatoms. The van der Waals surface area contributed by atoms with Crippen molar-refractivity contribution in [2.24, 2.45) is 11.8 Å². The lowest BCUT2D eigenvalue weighted by Crippen LogP contribution is -2.58. The average molecular weight is 254 g/mol. The molecule has 2 heterocycles. The van der Waals surface area contributed by atoms with Crippen molar-refractivity contribution in [1.29, 1.82) is 0 Å². The lowest BCUT2D eigenvalue weighted by Gasteiger charge is -2.45. The Bertz CT molecular complexity index is 247. The van der Waals surface area contributed by atoms with Gasteiger partial charge in [0, 0.05) is 25.2 Å². The topological polar surface area (TPSA) is 24.5 Å². The number of hydrogen-bond donors (Lipinski definition) is 1. The summed E-state index contributed by atoms with van der Waals surface area (Å²) in [6.07, 6.45) is 3.74. The van der Waals surface area contributed by atoms with Gasteiger partial charge < -0.3 is 10.1 Å². The zero-order valence-electron chi connectivity index (χ0n) is 12.3. The molecule has 2 aliphatic rings. The van der Waals surface area contributed by atoms with E-state index in [0.29, 0.717) is 12.1 Å². The zero-order valence-corrected chi connectivity index (χ0v) is 12.3. The molecule has 2 rings (SSSR count). The van der Waals surface area contributed by atoms with Crippen molar-refractivity contribution in [1.82, 2.24) is 10.2 Å². The van der Waals surface area contributed by atoms with Crippen molar-refractivity contribution >= 4 is 0 Å². The van der Waals surface area contributed by atoms with Gasteiger partial charge in [-0.3, -0.25) is 4.90 Å². The van der Waals surface area contributed by atoms with Gasteiger partial charge in [0.1, 0.15) is 0 Å². The molecule has 2 aliphatic heterocycles. The number of likely N-dealkylation sites (tertiary alicyclic amines) is 1. The summed E-state index contributed by atoms with van der Waals surface area (Å²) in [5.74, 6) is 1.71. The monoisotopic (exact) mass is 254 g/mol. The molecule has 0 radical (unpaired) electrons. The van der Waals surface area contributed by atoms with Crippen LogP contribution in [0.2, 0.25) is 0 Å². The van der Waals surface area contributed by atoms with Gasteiger partial charge >= 0.3 is 0 Å². The van der Waals surface area contributed by atoms with Crippen LogP contribution in [0.3, 0.4) is 0 Å². The predicted molar refractivity (Wildman–Crippen MR) is 75.8 cm³/mol. The molecule has 0 aliphatic carbocycles. The number of nitrogens with zero attached hydrogens (tertiary/aromatic N) is 1. The van der Waals surface area contributed by atoms with Crippen molar-refractivity contribution in [3.8, 4) is 0 Å². The van der Waals surface area contributed by atoms with Crippen molar-refractivity contribution in [3.63, 3.8) is 0 Å². The second-order valence-corrected chi connectivity index (χ2v) is 6.23. The van der Waals surface area contributed by atoms with E-state index in [0.717, 1.165) is 31.6 Å². The molecule has 0 aromatic rings. The maximum atomic E-state index is 5.73. The minimum Gasteiger partial charge on any atom is -0.380 e. The van der Waals surface area contributed by atoms with Crippen LogP contribution in [-0.2, 0) is 4.74 Å². The van der Waals surface area contributed by atoms with Gasteiger partial charge in [-0.1, -0.05) is 20.8 Å². The largest absolute Gasteiger partial charge is 0.380 e. The van der Waals surface area contributed by atoms with Gasteiger partial charge in [0.25, 0.3) is 0 Å². The van der Waals surface area contributed by atoms with Gasteiger partial charge in [-0.05, 0) is 44.2 Å². The first kappa shape index (κ1) is 14.3. The molecular weight excluding hydrogens is 224 g/mol. The molecule has 2 fully saturated rings. The zero-order chi connectivity index (χ0) is 13.0. The molecule has 4 atom stereocenters. The van der Waals surface area contributed by atoms with E-state index in [1.165, 1.54) is 32.4 Å². The third kappa shape index (κ3) is 3.46. The lowest BCUT2D eigenvalue weighted by molar-refractivity contribution is -0.0234. The van der Waals surface area contributed by atoms with Crippen LogP contribution in [0.1, 0.15) is 40.0 Å². The molecule has 106 valence electrons. The molecule has 18 heavy (non-hydrogen) atoms. The Kier molecular flexibility index (Phi) is 5.46. The van der Waals surface area contributed by atoms with Crippen LogP contribution in [0, 0.1) is 11.8 Å². The van der Waals surface area contributed by atoms with E-state index in [-0.39, 0.29) is 0 Å². The van der Waals surface area contributed by atoms with E-state index < -0.39 is 0 Å². The van der Waals surface area contributed by atoms with Crippen molar-refractivity contribution < 1.29 is 4.74 Å². The molecule has 0 bridgehead atoms. The van der Waals surface area contributed by atoms with Crippen molar-refractivity contribution in [2.45, 2.75) is 52.1 Å². The normalized spacial score (nSPS) is 38.8. The first-order valence-electron chi connectivity index (χ1n) is 7.77. The standard InChI is InChI=1S/C15H30N2O/c1-4-7-16-14-6-9-18-11-15(14)17-8-5-12(2)13(3)10-17/h12-16H,4-11H2,1-3H3. The smallest absolute Gasteiger partial charge is 0.0637 e. The molecule has 2 saturated heterocycles. The summed E-state index contributed by atoms with van der Waals surface area (Å²) in [7, 11) is 0. The number of nitrogens with one attached hydrogen (secondary N) is 1. The summed E-state index contributed by atoms with van der Waals surface area (Å²) in [5.41, 5.74) is 0. The highest BCUT2D eigenvalue weighted by Crippen LogP contribution is 2.26. The number of rotatable bonds is 4. The predicted octanol–water partition coefficient (Wildman–Crippen LogP) is 2.12. The van der Waals surface area contributed by atoms with E-state index >= 15 is 0 Å². The van der Waals surface area contributed by atoms with E-state index in [2.05, 4.69) is 31.0 Å². The minimum atomic E-state index is 0.597. The summed E-state index contributed by atoms with van der Waals surface area (Å²) >= 11 is 0. The Morgan fingerprint density at radius 3 is 2.78 bits per heavy atom.